The van der Waals surface area contributed by atoms with Crippen LogP contribution in [0.5, 0.6) is 0 Å². The standard InChI is InChI=1S/C11H23N/c1-6-12(5)10-7-9(8-10)11(2,3)4/h9-10H,6-8H2,1-5H3. The molecule has 1 heteroatoms. The Balaban J connectivity index is 2.29. The van der Waals surface area contributed by atoms with Crippen LogP contribution in [0.25, 0.3) is 0 Å². The van der Waals surface area contributed by atoms with Crippen molar-refractivity contribution in [2.75, 3.05) is 13.6 Å². The lowest BCUT2D eigenvalue weighted by Gasteiger charge is -2.47. The van der Waals surface area contributed by atoms with Gasteiger partial charge in [0.05, 0.1) is 0 Å². The minimum absolute atomic E-state index is 0.533. The van der Waals surface area contributed by atoms with E-state index < -0.39 is 0 Å². The molecule has 0 amide bonds. The zero-order valence-corrected chi connectivity index (χ0v) is 9.22. The van der Waals surface area contributed by atoms with E-state index in [1.54, 1.807) is 0 Å². The van der Waals surface area contributed by atoms with Gasteiger partial charge in [0.2, 0.25) is 0 Å². The topological polar surface area (TPSA) is 3.24 Å². The highest BCUT2D eigenvalue weighted by Gasteiger charge is 2.38. The van der Waals surface area contributed by atoms with Crippen molar-refractivity contribution in [2.45, 2.75) is 46.6 Å². The van der Waals surface area contributed by atoms with Gasteiger partial charge >= 0.3 is 0 Å². The molecule has 0 aromatic heterocycles. The third kappa shape index (κ3) is 2.01. The summed E-state index contributed by atoms with van der Waals surface area (Å²) in [7, 11) is 2.24. The molecule has 0 atom stereocenters. The van der Waals surface area contributed by atoms with E-state index in [9.17, 15) is 0 Å². The summed E-state index contributed by atoms with van der Waals surface area (Å²) < 4.78 is 0. The van der Waals surface area contributed by atoms with Gasteiger partial charge in [-0.05, 0) is 37.8 Å². The molecule has 12 heavy (non-hydrogen) atoms. The van der Waals surface area contributed by atoms with Gasteiger partial charge in [0, 0.05) is 6.04 Å². The Bertz CT molecular complexity index is 140. The molecule has 0 bridgehead atoms. The molecule has 1 aliphatic rings. The molecular weight excluding hydrogens is 146 g/mol. The van der Waals surface area contributed by atoms with Crippen molar-refractivity contribution in [3.63, 3.8) is 0 Å². The van der Waals surface area contributed by atoms with E-state index in [2.05, 4.69) is 39.6 Å². The molecule has 1 saturated carbocycles. The van der Waals surface area contributed by atoms with Crippen LogP contribution in [-0.2, 0) is 0 Å². The van der Waals surface area contributed by atoms with Crippen LogP contribution in [-0.4, -0.2) is 24.5 Å². The first kappa shape index (κ1) is 10.0. The van der Waals surface area contributed by atoms with Gasteiger partial charge in [-0.15, -0.1) is 0 Å². The van der Waals surface area contributed by atoms with Gasteiger partial charge in [0.1, 0.15) is 0 Å². The maximum absolute atomic E-state index is 2.47. The fourth-order valence-corrected chi connectivity index (χ4v) is 1.91. The van der Waals surface area contributed by atoms with Crippen LogP contribution in [0.4, 0.5) is 0 Å². The molecular formula is C11H23N. The predicted octanol–water partition coefficient (Wildman–Crippen LogP) is 2.76. The van der Waals surface area contributed by atoms with Gasteiger partial charge in [0.15, 0.2) is 0 Å². The van der Waals surface area contributed by atoms with Crippen molar-refractivity contribution in [2.24, 2.45) is 11.3 Å². The maximum Gasteiger partial charge on any atom is 0.00977 e. The Hall–Kier alpha value is -0.0400. The lowest BCUT2D eigenvalue weighted by Crippen LogP contribution is -2.46. The molecule has 72 valence electrons. The molecule has 1 nitrogen and oxygen atoms in total. The van der Waals surface area contributed by atoms with Gasteiger partial charge in [-0.25, -0.2) is 0 Å². The van der Waals surface area contributed by atoms with Gasteiger partial charge < -0.3 is 4.90 Å². The summed E-state index contributed by atoms with van der Waals surface area (Å²) in [6.07, 6.45) is 2.82. The van der Waals surface area contributed by atoms with E-state index >= 15 is 0 Å². The van der Waals surface area contributed by atoms with Crippen LogP contribution in [0.2, 0.25) is 0 Å². The van der Waals surface area contributed by atoms with Crippen molar-refractivity contribution in [1.29, 1.82) is 0 Å². The maximum atomic E-state index is 2.47. The third-order valence-corrected chi connectivity index (χ3v) is 3.46. The van der Waals surface area contributed by atoms with Crippen molar-refractivity contribution >= 4 is 0 Å². The van der Waals surface area contributed by atoms with Crippen LogP contribution in [0.3, 0.4) is 0 Å². The SMILES string of the molecule is CCN(C)C1CC(C(C)(C)C)C1. The second-order valence-corrected chi connectivity index (χ2v) is 5.26. The minimum atomic E-state index is 0.533. The Kier molecular flexibility index (Phi) is 2.82. The Morgan fingerprint density at radius 2 is 1.75 bits per heavy atom. The number of hydrogen-bond acceptors (Lipinski definition) is 1. The van der Waals surface area contributed by atoms with Crippen LogP contribution in [0.1, 0.15) is 40.5 Å². The van der Waals surface area contributed by atoms with Gasteiger partial charge in [-0.2, -0.15) is 0 Å². The van der Waals surface area contributed by atoms with E-state index in [-0.39, 0.29) is 0 Å². The summed E-state index contributed by atoms with van der Waals surface area (Å²) in [5, 5.41) is 0. The molecule has 0 saturated heterocycles. The highest BCUT2D eigenvalue weighted by atomic mass is 15.1. The molecule has 0 spiro atoms. The second kappa shape index (κ2) is 3.37. The van der Waals surface area contributed by atoms with Crippen LogP contribution in [0, 0.1) is 11.3 Å². The van der Waals surface area contributed by atoms with Crippen molar-refractivity contribution < 1.29 is 0 Å². The summed E-state index contributed by atoms with van der Waals surface area (Å²) in [5.74, 6) is 0.955. The Morgan fingerprint density at radius 1 is 1.25 bits per heavy atom. The van der Waals surface area contributed by atoms with Crippen molar-refractivity contribution in [1.82, 2.24) is 4.90 Å². The molecule has 1 aliphatic carbocycles. The number of nitrogens with zero attached hydrogens (tertiary/aromatic N) is 1. The first-order valence-electron chi connectivity index (χ1n) is 5.15. The smallest absolute Gasteiger partial charge is 0.00977 e. The fourth-order valence-electron chi connectivity index (χ4n) is 1.91. The largest absolute Gasteiger partial charge is 0.304 e. The summed E-state index contributed by atoms with van der Waals surface area (Å²) in [6.45, 7) is 10.5. The van der Waals surface area contributed by atoms with E-state index in [4.69, 9.17) is 0 Å². The molecule has 1 rings (SSSR count). The molecule has 0 aromatic carbocycles. The number of hydrogen-bond donors (Lipinski definition) is 0. The summed E-state index contributed by atoms with van der Waals surface area (Å²) in [5.41, 5.74) is 0.533. The lowest BCUT2D eigenvalue weighted by molar-refractivity contribution is 0.0371. The molecule has 0 aliphatic heterocycles. The Morgan fingerprint density at radius 3 is 2.08 bits per heavy atom. The molecule has 0 aromatic rings. The summed E-state index contributed by atoms with van der Waals surface area (Å²) >= 11 is 0. The average Bonchev–Trinajstić information content (AvgIpc) is 1.80. The lowest BCUT2D eigenvalue weighted by atomic mass is 9.65. The summed E-state index contributed by atoms with van der Waals surface area (Å²) in [6, 6.07) is 0.874. The molecule has 1 fully saturated rings. The number of rotatable bonds is 2. The van der Waals surface area contributed by atoms with Crippen LogP contribution < -0.4 is 0 Å². The molecule has 0 unspecified atom stereocenters. The average molecular weight is 169 g/mol. The normalized spacial score (nSPS) is 30.5. The van der Waals surface area contributed by atoms with Gasteiger partial charge in [-0.1, -0.05) is 27.7 Å². The second-order valence-electron chi connectivity index (χ2n) is 5.26. The molecule has 0 radical (unpaired) electrons. The van der Waals surface area contributed by atoms with E-state index in [1.807, 2.05) is 0 Å². The van der Waals surface area contributed by atoms with E-state index in [1.165, 1.54) is 19.4 Å². The fraction of sp³-hybridized carbons (Fsp3) is 1.00. The summed E-state index contributed by atoms with van der Waals surface area (Å²) in [4.78, 5) is 2.47. The predicted molar refractivity (Wildman–Crippen MR) is 54.3 cm³/mol. The first-order chi connectivity index (χ1) is 5.45. The van der Waals surface area contributed by atoms with Crippen molar-refractivity contribution in [3.05, 3.63) is 0 Å². The van der Waals surface area contributed by atoms with Gasteiger partial charge in [0.25, 0.3) is 0 Å². The van der Waals surface area contributed by atoms with Crippen molar-refractivity contribution in [3.8, 4) is 0 Å². The first-order valence-corrected chi connectivity index (χ1v) is 5.15. The van der Waals surface area contributed by atoms with Crippen LogP contribution in [0.15, 0.2) is 0 Å². The van der Waals surface area contributed by atoms with E-state index in [0.717, 1.165) is 12.0 Å². The van der Waals surface area contributed by atoms with E-state index in [0.29, 0.717) is 5.41 Å². The quantitative estimate of drug-likeness (QED) is 0.614. The molecule has 0 N–H and O–H groups in total. The monoisotopic (exact) mass is 169 g/mol. The van der Waals surface area contributed by atoms with Gasteiger partial charge in [-0.3, -0.25) is 0 Å². The molecule has 0 heterocycles. The highest BCUT2D eigenvalue weighted by Crippen LogP contribution is 2.43. The highest BCUT2D eigenvalue weighted by molar-refractivity contribution is 4.91. The zero-order chi connectivity index (χ0) is 9.35. The third-order valence-electron chi connectivity index (χ3n) is 3.46. The van der Waals surface area contributed by atoms with Crippen LogP contribution >= 0.6 is 0 Å². The minimum Gasteiger partial charge on any atom is -0.304 e. The Labute approximate surface area is 77.1 Å². The zero-order valence-electron chi connectivity index (χ0n) is 9.22.